The lowest BCUT2D eigenvalue weighted by Gasteiger charge is -2.07. The van der Waals surface area contributed by atoms with Gasteiger partial charge in [0.25, 0.3) is 0 Å². The maximum absolute atomic E-state index is 11.7. The second kappa shape index (κ2) is 8.46. The van der Waals surface area contributed by atoms with E-state index in [1.165, 1.54) is 11.3 Å². The number of aliphatic hydroxyl groups is 1. The van der Waals surface area contributed by atoms with Crippen LogP contribution in [-0.4, -0.2) is 48.2 Å². The molecule has 0 saturated carbocycles. The van der Waals surface area contributed by atoms with Gasteiger partial charge in [-0.1, -0.05) is 11.3 Å². The fraction of sp³-hybridized carbons (Fsp3) is 0.400. The normalized spacial score (nSPS) is 11.9. The van der Waals surface area contributed by atoms with Crippen molar-refractivity contribution < 1.29 is 19.4 Å². The second-order valence-electron chi connectivity index (χ2n) is 5.12. The highest BCUT2D eigenvalue weighted by Crippen LogP contribution is 2.28. The molecule has 1 unspecified atom stereocenters. The molecule has 0 saturated heterocycles. The van der Waals surface area contributed by atoms with Gasteiger partial charge in [-0.25, -0.2) is 4.98 Å². The molecule has 1 heterocycles. The van der Waals surface area contributed by atoms with Gasteiger partial charge >= 0.3 is 0 Å². The van der Waals surface area contributed by atoms with Crippen LogP contribution in [0.25, 0.3) is 10.2 Å². The molecule has 0 aliphatic rings. The number of benzene rings is 1. The molecule has 2 amide bonds. The largest absolute Gasteiger partial charge is 0.497 e. The standard InChI is InChI=1S/C15H20N4O4S/c1-23-9-4-5-12-10(7-9)19-15(24-12)18-8-13(21)17-6-2-3-11(20)14(16)22/h4-5,7,11,20H,2-3,6,8H2,1H3,(H2,16,22)(H,17,21)(H,18,19). The first-order chi connectivity index (χ1) is 11.5. The molecule has 0 aliphatic carbocycles. The average Bonchev–Trinajstić information content (AvgIpc) is 2.98. The highest BCUT2D eigenvalue weighted by Gasteiger charge is 2.10. The van der Waals surface area contributed by atoms with Crippen LogP contribution < -0.4 is 21.1 Å². The number of methoxy groups -OCH3 is 1. The van der Waals surface area contributed by atoms with Gasteiger partial charge in [-0.3, -0.25) is 9.59 Å². The van der Waals surface area contributed by atoms with Gasteiger partial charge in [0.05, 0.1) is 23.9 Å². The van der Waals surface area contributed by atoms with Crippen molar-refractivity contribution >= 4 is 38.5 Å². The molecule has 0 bridgehead atoms. The molecule has 1 atom stereocenters. The molecule has 1 aromatic carbocycles. The molecular formula is C15H20N4O4S. The third kappa shape index (κ3) is 5.07. The number of fused-ring (bicyclic) bond motifs is 1. The lowest BCUT2D eigenvalue weighted by atomic mass is 10.2. The van der Waals surface area contributed by atoms with Crippen LogP contribution in [0, 0.1) is 0 Å². The number of nitrogens with one attached hydrogen (secondary N) is 2. The average molecular weight is 352 g/mol. The van der Waals surface area contributed by atoms with Crippen molar-refractivity contribution in [3.05, 3.63) is 18.2 Å². The Balaban J connectivity index is 1.74. The molecular weight excluding hydrogens is 332 g/mol. The van der Waals surface area contributed by atoms with E-state index in [2.05, 4.69) is 15.6 Å². The zero-order valence-corrected chi connectivity index (χ0v) is 14.1. The van der Waals surface area contributed by atoms with Gasteiger partial charge in [-0.05, 0) is 25.0 Å². The molecule has 0 spiro atoms. The number of hydrogen-bond acceptors (Lipinski definition) is 7. The number of ether oxygens (including phenoxy) is 1. The van der Waals surface area contributed by atoms with Gasteiger partial charge in [0, 0.05) is 12.6 Å². The molecule has 130 valence electrons. The number of aromatic nitrogens is 1. The number of nitrogens with zero attached hydrogens (tertiary/aromatic N) is 1. The first kappa shape index (κ1) is 18.0. The summed E-state index contributed by atoms with van der Waals surface area (Å²) in [6.07, 6.45) is -0.473. The van der Waals surface area contributed by atoms with Gasteiger partial charge in [0.1, 0.15) is 11.9 Å². The van der Waals surface area contributed by atoms with E-state index in [0.29, 0.717) is 18.1 Å². The minimum Gasteiger partial charge on any atom is -0.497 e. The molecule has 5 N–H and O–H groups in total. The maximum Gasteiger partial charge on any atom is 0.246 e. The third-order valence-electron chi connectivity index (χ3n) is 3.30. The van der Waals surface area contributed by atoms with E-state index in [-0.39, 0.29) is 18.9 Å². The molecule has 24 heavy (non-hydrogen) atoms. The van der Waals surface area contributed by atoms with E-state index in [1.54, 1.807) is 7.11 Å². The lowest BCUT2D eigenvalue weighted by molar-refractivity contribution is -0.126. The van der Waals surface area contributed by atoms with Gasteiger partial charge < -0.3 is 26.2 Å². The van der Waals surface area contributed by atoms with Crippen LogP contribution >= 0.6 is 11.3 Å². The molecule has 1 aromatic heterocycles. The molecule has 0 aliphatic heterocycles. The zero-order valence-electron chi connectivity index (χ0n) is 13.2. The van der Waals surface area contributed by atoms with E-state index < -0.39 is 12.0 Å². The Bertz CT molecular complexity index is 719. The van der Waals surface area contributed by atoms with Crippen LogP contribution in [0.3, 0.4) is 0 Å². The van der Waals surface area contributed by atoms with Crippen LogP contribution in [-0.2, 0) is 9.59 Å². The summed E-state index contributed by atoms with van der Waals surface area (Å²) in [5, 5.41) is 15.5. The number of primary amides is 1. The molecule has 2 rings (SSSR count). The Morgan fingerprint density at radius 3 is 2.96 bits per heavy atom. The number of amides is 2. The minimum absolute atomic E-state index is 0.0926. The summed E-state index contributed by atoms with van der Waals surface area (Å²) in [4.78, 5) is 26.8. The summed E-state index contributed by atoms with van der Waals surface area (Å²) in [6, 6.07) is 5.61. The first-order valence-electron chi connectivity index (χ1n) is 7.42. The van der Waals surface area contributed by atoms with Crippen molar-refractivity contribution in [2.24, 2.45) is 5.73 Å². The Hall–Kier alpha value is -2.39. The van der Waals surface area contributed by atoms with Gasteiger partial charge in [-0.2, -0.15) is 0 Å². The summed E-state index contributed by atoms with van der Waals surface area (Å²) in [6.45, 7) is 0.456. The predicted octanol–water partition coefficient (Wildman–Crippen LogP) is 0.459. The number of hydrogen-bond donors (Lipinski definition) is 4. The van der Waals surface area contributed by atoms with Crippen molar-refractivity contribution in [2.45, 2.75) is 18.9 Å². The van der Waals surface area contributed by atoms with Crippen LogP contribution in [0.5, 0.6) is 5.75 Å². The smallest absolute Gasteiger partial charge is 0.246 e. The molecule has 2 aromatic rings. The van der Waals surface area contributed by atoms with Gasteiger partial charge in [-0.15, -0.1) is 0 Å². The Morgan fingerprint density at radius 1 is 1.46 bits per heavy atom. The van der Waals surface area contributed by atoms with Crippen molar-refractivity contribution in [1.29, 1.82) is 0 Å². The minimum atomic E-state index is -1.17. The van der Waals surface area contributed by atoms with Crippen LogP contribution in [0.1, 0.15) is 12.8 Å². The molecule has 8 nitrogen and oxygen atoms in total. The van der Waals surface area contributed by atoms with Crippen molar-refractivity contribution in [3.8, 4) is 5.75 Å². The molecule has 0 radical (unpaired) electrons. The van der Waals surface area contributed by atoms with Crippen LogP contribution in [0.15, 0.2) is 18.2 Å². The van der Waals surface area contributed by atoms with E-state index >= 15 is 0 Å². The molecule has 0 fully saturated rings. The fourth-order valence-corrected chi connectivity index (χ4v) is 2.84. The van der Waals surface area contributed by atoms with Crippen LogP contribution in [0.4, 0.5) is 5.13 Å². The Morgan fingerprint density at radius 2 is 2.25 bits per heavy atom. The number of nitrogens with two attached hydrogens (primary N) is 1. The summed E-state index contributed by atoms with van der Waals surface area (Å²) in [5.41, 5.74) is 5.75. The summed E-state index contributed by atoms with van der Waals surface area (Å²) in [5.74, 6) is -0.217. The van der Waals surface area contributed by atoms with E-state index in [9.17, 15) is 14.7 Å². The quantitative estimate of drug-likeness (QED) is 0.486. The number of anilines is 1. The Labute approximate surface area is 143 Å². The third-order valence-corrected chi connectivity index (χ3v) is 4.29. The van der Waals surface area contributed by atoms with Crippen molar-refractivity contribution in [1.82, 2.24) is 10.3 Å². The molecule has 9 heteroatoms. The van der Waals surface area contributed by atoms with Gasteiger partial charge in [0.2, 0.25) is 11.8 Å². The highest BCUT2D eigenvalue weighted by atomic mass is 32.1. The zero-order chi connectivity index (χ0) is 17.5. The highest BCUT2D eigenvalue weighted by molar-refractivity contribution is 7.22. The predicted molar refractivity (Wildman–Crippen MR) is 92.1 cm³/mol. The first-order valence-corrected chi connectivity index (χ1v) is 8.24. The second-order valence-corrected chi connectivity index (χ2v) is 6.15. The SMILES string of the molecule is COc1ccc2sc(NCC(=O)NCCCC(O)C(N)=O)nc2c1. The number of carbonyl (C=O) groups is 2. The van der Waals surface area contributed by atoms with Crippen molar-refractivity contribution in [3.63, 3.8) is 0 Å². The number of thiazole rings is 1. The topological polar surface area (TPSA) is 127 Å². The van der Waals surface area contributed by atoms with E-state index in [0.717, 1.165) is 16.0 Å². The fourth-order valence-electron chi connectivity index (χ4n) is 1.99. The van der Waals surface area contributed by atoms with Crippen molar-refractivity contribution in [2.75, 3.05) is 25.5 Å². The lowest BCUT2D eigenvalue weighted by Crippen LogP contribution is -2.32. The van der Waals surface area contributed by atoms with Gasteiger partial charge in [0.15, 0.2) is 5.13 Å². The number of rotatable bonds is 9. The summed E-state index contributed by atoms with van der Waals surface area (Å²) < 4.78 is 6.15. The Kier molecular flexibility index (Phi) is 6.33. The number of aliphatic hydroxyl groups excluding tert-OH is 1. The van der Waals surface area contributed by atoms with Crippen LogP contribution in [0.2, 0.25) is 0 Å². The number of carbonyl (C=O) groups excluding carboxylic acids is 2. The maximum atomic E-state index is 11.7. The van der Waals surface area contributed by atoms with E-state index in [4.69, 9.17) is 10.5 Å². The monoisotopic (exact) mass is 352 g/mol. The summed E-state index contributed by atoms with van der Waals surface area (Å²) in [7, 11) is 1.60. The summed E-state index contributed by atoms with van der Waals surface area (Å²) >= 11 is 1.45. The van der Waals surface area contributed by atoms with E-state index in [1.807, 2.05) is 18.2 Å².